The minimum Gasteiger partial charge on any atom is -0.371 e. The number of thioether (sulfide) groups is 1. The van der Waals surface area contributed by atoms with Crippen LogP contribution in [-0.2, 0) is 0 Å². The van der Waals surface area contributed by atoms with Crippen molar-refractivity contribution in [2.75, 3.05) is 30.3 Å². The van der Waals surface area contributed by atoms with E-state index in [4.69, 9.17) is 0 Å². The molecule has 118 valence electrons. The van der Waals surface area contributed by atoms with E-state index in [1.807, 2.05) is 0 Å². The average molecular weight is 307 g/mol. The van der Waals surface area contributed by atoms with Gasteiger partial charge in [0, 0.05) is 35.3 Å². The van der Waals surface area contributed by atoms with Gasteiger partial charge in [-0.05, 0) is 37.1 Å². The summed E-state index contributed by atoms with van der Waals surface area (Å²) < 4.78 is 0.424. The molecule has 0 saturated carbocycles. The Morgan fingerprint density at radius 3 is 2.52 bits per heavy atom. The molecule has 2 rings (SSSR count). The Morgan fingerprint density at radius 1 is 1.19 bits per heavy atom. The largest absolute Gasteiger partial charge is 0.371 e. The molecule has 0 bridgehead atoms. The van der Waals surface area contributed by atoms with Gasteiger partial charge >= 0.3 is 0 Å². The molecule has 1 atom stereocenters. The van der Waals surface area contributed by atoms with Gasteiger partial charge in [0.15, 0.2) is 0 Å². The van der Waals surface area contributed by atoms with Crippen molar-refractivity contribution in [3.8, 4) is 0 Å². The summed E-state index contributed by atoms with van der Waals surface area (Å²) in [7, 11) is 0. The number of nitrogens with one attached hydrogen (secondary N) is 1. The zero-order valence-electron chi connectivity index (χ0n) is 14.0. The van der Waals surface area contributed by atoms with E-state index >= 15 is 0 Å². The second-order valence-electron chi connectivity index (χ2n) is 6.46. The summed E-state index contributed by atoms with van der Waals surface area (Å²) in [6.45, 7) is 12.5. The first-order chi connectivity index (χ1) is 10.1. The molecule has 0 spiro atoms. The standard InChI is InChI=1S/C18H30N2S/c1-5-17(19-6-2)15-7-9-16(10-8-15)20-12-11-18(3,4)21-14-13-20/h7-10,17,19H,5-6,11-14H2,1-4H3. The van der Waals surface area contributed by atoms with Gasteiger partial charge in [0.2, 0.25) is 0 Å². The quantitative estimate of drug-likeness (QED) is 0.864. The van der Waals surface area contributed by atoms with Crippen molar-refractivity contribution in [2.24, 2.45) is 0 Å². The van der Waals surface area contributed by atoms with Gasteiger partial charge in [-0.1, -0.05) is 39.8 Å². The van der Waals surface area contributed by atoms with Gasteiger partial charge in [-0.2, -0.15) is 11.8 Å². The van der Waals surface area contributed by atoms with E-state index in [2.05, 4.69) is 73.9 Å². The second kappa shape index (κ2) is 7.55. The predicted octanol–water partition coefficient (Wildman–Crippen LogP) is 4.47. The maximum atomic E-state index is 3.55. The summed E-state index contributed by atoms with van der Waals surface area (Å²) in [5, 5.41) is 3.55. The molecule has 0 aliphatic carbocycles. The Morgan fingerprint density at radius 2 is 1.90 bits per heavy atom. The molecule has 1 aromatic rings. The Labute approximate surface area is 134 Å². The van der Waals surface area contributed by atoms with Crippen molar-refractivity contribution < 1.29 is 0 Å². The highest BCUT2D eigenvalue weighted by Gasteiger charge is 2.23. The molecule has 1 aromatic carbocycles. The molecule has 3 heteroatoms. The molecule has 1 heterocycles. The van der Waals surface area contributed by atoms with Gasteiger partial charge in [-0.15, -0.1) is 0 Å². The first kappa shape index (κ1) is 16.7. The average Bonchev–Trinajstić information content (AvgIpc) is 2.66. The fraction of sp³-hybridized carbons (Fsp3) is 0.667. The highest BCUT2D eigenvalue weighted by atomic mass is 32.2. The highest BCUT2D eigenvalue weighted by molar-refractivity contribution is 8.00. The van der Waals surface area contributed by atoms with Crippen LogP contribution < -0.4 is 10.2 Å². The molecule has 0 radical (unpaired) electrons. The molecule has 1 aliphatic heterocycles. The van der Waals surface area contributed by atoms with E-state index in [9.17, 15) is 0 Å². The van der Waals surface area contributed by atoms with Crippen molar-refractivity contribution in [1.82, 2.24) is 5.32 Å². The zero-order valence-corrected chi connectivity index (χ0v) is 14.8. The van der Waals surface area contributed by atoms with Gasteiger partial charge in [-0.3, -0.25) is 0 Å². The number of hydrogen-bond donors (Lipinski definition) is 1. The van der Waals surface area contributed by atoms with Crippen LogP contribution in [0.1, 0.15) is 52.1 Å². The summed E-state index contributed by atoms with van der Waals surface area (Å²) in [6, 6.07) is 9.70. The number of nitrogens with zero attached hydrogens (tertiary/aromatic N) is 1. The maximum absolute atomic E-state index is 3.55. The topological polar surface area (TPSA) is 15.3 Å². The molecule has 0 amide bonds. The van der Waals surface area contributed by atoms with Crippen LogP contribution in [0.15, 0.2) is 24.3 Å². The lowest BCUT2D eigenvalue weighted by molar-refractivity contribution is 0.537. The van der Waals surface area contributed by atoms with Crippen LogP contribution in [0.25, 0.3) is 0 Å². The fourth-order valence-corrected chi connectivity index (χ4v) is 4.04. The number of benzene rings is 1. The van der Waals surface area contributed by atoms with Crippen LogP contribution in [0, 0.1) is 0 Å². The summed E-state index contributed by atoms with van der Waals surface area (Å²) in [6.07, 6.45) is 2.40. The third-order valence-electron chi connectivity index (χ3n) is 4.36. The number of hydrogen-bond acceptors (Lipinski definition) is 3. The summed E-state index contributed by atoms with van der Waals surface area (Å²) >= 11 is 2.11. The smallest absolute Gasteiger partial charge is 0.0366 e. The summed E-state index contributed by atoms with van der Waals surface area (Å²) in [5.41, 5.74) is 2.79. The lowest BCUT2D eigenvalue weighted by atomic mass is 10.0. The molecular weight excluding hydrogens is 276 g/mol. The maximum Gasteiger partial charge on any atom is 0.0366 e. The molecular formula is C18H30N2S. The third-order valence-corrected chi connectivity index (χ3v) is 5.73. The van der Waals surface area contributed by atoms with Crippen LogP contribution in [0.2, 0.25) is 0 Å². The lowest BCUT2D eigenvalue weighted by Gasteiger charge is -2.25. The normalized spacial score (nSPS) is 20.1. The fourth-order valence-electron chi connectivity index (χ4n) is 2.94. The zero-order chi connectivity index (χ0) is 15.3. The van der Waals surface area contributed by atoms with E-state index in [1.165, 1.54) is 30.0 Å². The van der Waals surface area contributed by atoms with Crippen LogP contribution in [-0.4, -0.2) is 30.1 Å². The highest BCUT2D eigenvalue weighted by Crippen LogP contribution is 2.32. The van der Waals surface area contributed by atoms with Crippen LogP contribution in [0.5, 0.6) is 0 Å². The van der Waals surface area contributed by atoms with Gasteiger partial charge in [-0.25, -0.2) is 0 Å². The Kier molecular flexibility index (Phi) is 6.00. The third kappa shape index (κ3) is 4.65. The molecule has 1 fully saturated rings. The molecule has 2 nitrogen and oxygen atoms in total. The van der Waals surface area contributed by atoms with E-state index in [1.54, 1.807) is 0 Å². The Hall–Kier alpha value is -0.670. The Balaban J connectivity index is 2.04. The molecule has 21 heavy (non-hydrogen) atoms. The van der Waals surface area contributed by atoms with E-state index in [-0.39, 0.29) is 0 Å². The molecule has 1 aliphatic rings. The van der Waals surface area contributed by atoms with Gasteiger partial charge in [0.25, 0.3) is 0 Å². The number of anilines is 1. The van der Waals surface area contributed by atoms with E-state index < -0.39 is 0 Å². The summed E-state index contributed by atoms with van der Waals surface area (Å²) in [4.78, 5) is 2.54. The summed E-state index contributed by atoms with van der Waals surface area (Å²) in [5.74, 6) is 1.23. The van der Waals surface area contributed by atoms with Crippen molar-refractivity contribution >= 4 is 17.4 Å². The minimum absolute atomic E-state index is 0.424. The van der Waals surface area contributed by atoms with Crippen LogP contribution in [0.3, 0.4) is 0 Å². The SMILES string of the molecule is CCNC(CC)c1ccc(N2CCSC(C)(C)CC2)cc1. The van der Waals surface area contributed by atoms with Gasteiger partial charge < -0.3 is 10.2 Å². The first-order valence-corrected chi connectivity index (χ1v) is 9.26. The van der Waals surface area contributed by atoms with Crippen molar-refractivity contribution in [3.63, 3.8) is 0 Å². The van der Waals surface area contributed by atoms with Crippen molar-refractivity contribution in [1.29, 1.82) is 0 Å². The van der Waals surface area contributed by atoms with Crippen LogP contribution >= 0.6 is 11.8 Å². The molecule has 0 aromatic heterocycles. The lowest BCUT2D eigenvalue weighted by Crippen LogP contribution is -2.27. The molecule has 1 N–H and O–H groups in total. The van der Waals surface area contributed by atoms with Crippen molar-refractivity contribution in [2.45, 2.75) is 51.3 Å². The van der Waals surface area contributed by atoms with Crippen LogP contribution in [0.4, 0.5) is 5.69 Å². The molecule has 1 saturated heterocycles. The first-order valence-electron chi connectivity index (χ1n) is 8.28. The van der Waals surface area contributed by atoms with Gasteiger partial charge in [0.05, 0.1) is 0 Å². The monoisotopic (exact) mass is 306 g/mol. The van der Waals surface area contributed by atoms with E-state index in [0.29, 0.717) is 10.8 Å². The van der Waals surface area contributed by atoms with Gasteiger partial charge in [0.1, 0.15) is 0 Å². The molecule has 1 unspecified atom stereocenters. The van der Waals surface area contributed by atoms with Crippen molar-refractivity contribution in [3.05, 3.63) is 29.8 Å². The number of rotatable bonds is 5. The predicted molar refractivity (Wildman–Crippen MR) is 96.5 cm³/mol. The van der Waals surface area contributed by atoms with E-state index in [0.717, 1.165) is 19.5 Å². The Bertz CT molecular complexity index is 427. The minimum atomic E-state index is 0.424. The second-order valence-corrected chi connectivity index (χ2v) is 8.26.